The first-order valence-electron chi connectivity index (χ1n) is 8.97. The van der Waals surface area contributed by atoms with Crippen LogP contribution in [0.5, 0.6) is 0 Å². The van der Waals surface area contributed by atoms with Crippen LogP contribution in [0.15, 0.2) is 71.9 Å². The van der Waals surface area contributed by atoms with Crippen LogP contribution in [0.4, 0.5) is 0 Å². The van der Waals surface area contributed by atoms with Crippen molar-refractivity contribution in [3.05, 3.63) is 71.9 Å². The highest BCUT2D eigenvalue weighted by atomic mass is 16.5. The van der Waals surface area contributed by atoms with Gasteiger partial charge in [-0.15, -0.1) is 0 Å². The largest absolute Gasteiger partial charge is 0.490 e. The molecule has 0 aromatic heterocycles. The van der Waals surface area contributed by atoms with Gasteiger partial charge < -0.3 is 26.3 Å². The molecule has 0 spiro atoms. The van der Waals surface area contributed by atoms with E-state index >= 15 is 0 Å². The van der Waals surface area contributed by atoms with Crippen LogP contribution in [0, 0.1) is 5.41 Å². The number of nitrogens with one attached hydrogen (secondary N) is 2. The maximum atomic E-state index is 11.9. The summed E-state index contributed by atoms with van der Waals surface area (Å²) in [5.74, 6) is 0.315. The smallest absolute Gasteiger partial charge is 0.244 e. The molecule has 0 saturated heterocycles. The summed E-state index contributed by atoms with van der Waals surface area (Å²) in [5.41, 5.74) is 12.3. The zero-order valence-electron chi connectivity index (χ0n) is 17.2. The van der Waals surface area contributed by atoms with Crippen molar-refractivity contribution in [1.82, 2.24) is 5.32 Å². The molecule has 0 saturated carbocycles. The number of hydrogen-bond donors (Lipinski definition) is 4. The van der Waals surface area contributed by atoms with E-state index in [0.29, 0.717) is 41.6 Å². The summed E-state index contributed by atoms with van der Waals surface area (Å²) in [6.45, 7) is 16.0. The number of amides is 1. The Labute approximate surface area is 167 Å². The van der Waals surface area contributed by atoms with Crippen molar-refractivity contribution in [2.75, 3.05) is 13.2 Å². The fourth-order valence-electron chi connectivity index (χ4n) is 2.16. The molecule has 0 bridgehead atoms. The van der Waals surface area contributed by atoms with Crippen LogP contribution in [0.1, 0.15) is 27.7 Å². The fraction of sp³-hybridized carbons (Fsp3) is 0.333. The third kappa shape index (κ3) is 8.44. The van der Waals surface area contributed by atoms with Gasteiger partial charge in [0.1, 0.15) is 11.9 Å². The first-order valence-corrected chi connectivity index (χ1v) is 8.97. The number of carbonyl (C=O) groups is 1. The second kappa shape index (κ2) is 13.0. The van der Waals surface area contributed by atoms with Crippen LogP contribution >= 0.6 is 0 Å². The van der Waals surface area contributed by atoms with E-state index in [1.165, 1.54) is 0 Å². The minimum Gasteiger partial charge on any atom is -0.490 e. The average Bonchev–Trinajstić information content (AvgIpc) is 2.63. The molecule has 0 aliphatic rings. The van der Waals surface area contributed by atoms with E-state index in [1.807, 2.05) is 20.8 Å². The third-order valence-electron chi connectivity index (χ3n) is 3.49. The summed E-state index contributed by atoms with van der Waals surface area (Å²) >= 11 is 0. The normalized spacial score (nSPS) is 13.8. The molecule has 7 nitrogen and oxygen atoms in total. The highest BCUT2D eigenvalue weighted by molar-refractivity contribution is 5.97. The van der Waals surface area contributed by atoms with Crippen molar-refractivity contribution < 1.29 is 14.3 Å². The molecule has 154 valence electrons. The number of rotatable bonds is 13. The van der Waals surface area contributed by atoms with Gasteiger partial charge in [0.15, 0.2) is 11.5 Å². The monoisotopic (exact) mass is 388 g/mol. The summed E-state index contributed by atoms with van der Waals surface area (Å²) in [6, 6.07) is -0.904. The highest BCUT2D eigenvalue weighted by Gasteiger charge is 2.19. The Kier molecular flexibility index (Phi) is 11.5. The minimum absolute atomic E-state index is 0.0680. The summed E-state index contributed by atoms with van der Waals surface area (Å²) in [5, 5.41) is 10.4. The van der Waals surface area contributed by atoms with Crippen molar-refractivity contribution in [2.24, 2.45) is 11.5 Å². The molecule has 1 atom stereocenters. The second-order valence-electron chi connectivity index (χ2n) is 5.60. The quantitative estimate of drug-likeness (QED) is 0.167. The summed E-state index contributed by atoms with van der Waals surface area (Å²) in [6.07, 6.45) is 8.30. The lowest BCUT2D eigenvalue weighted by Crippen LogP contribution is -2.41. The van der Waals surface area contributed by atoms with E-state index in [2.05, 4.69) is 18.5 Å². The SMILES string of the molecule is C=C(/C=C\C(=C/C)C(=N)N)NC(C(=C)/C=C(OCC)\C(=C/C)OCC)C(N)=O. The van der Waals surface area contributed by atoms with E-state index in [0.717, 1.165) is 0 Å². The van der Waals surface area contributed by atoms with Crippen molar-refractivity contribution >= 4 is 11.7 Å². The Bertz CT molecular complexity index is 715. The molecule has 0 rings (SSSR count). The third-order valence-corrected chi connectivity index (χ3v) is 3.49. The minimum atomic E-state index is -0.904. The van der Waals surface area contributed by atoms with E-state index in [-0.39, 0.29) is 5.84 Å². The number of nitrogens with two attached hydrogens (primary N) is 2. The molecule has 6 N–H and O–H groups in total. The molecule has 28 heavy (non-hydrogen) atoms. The lowest BCUT2D eigenvalue weighted by Gasteiger charge is -2.19. The second-order valence-corrected chi connectivity index (χ2v) is 5.60. The lowest BCUT2D eigenvalue weighted by molar-refractivity contribution is -0.118. The standard InChI is InChI=1S/C21H32N4O3/c1-7-16(20(22)23)12-11-15(6)25-19(21(24)26)14(5)13-18(28-10-4)17(8-2)27-9-3/h7-8,11-13,19,25H,5-6,9-10H2,1-4H3,(H3,22,23)(H2,24,26)/b12-11-,16-7+,17-8+,18-13+. The summed E-state index contributed by atoms with van der Waals surface area (Å²) in [4.78, 5) is 11.9. The van der Waals surface area contributed by atoms with Crippen LogP contribution < -0.4 is 16.8 Å². The molecule has 0 aliphatic carbocycles. The van der Waals surface area contributed by atoms with E-state index in [4.69, 9.17) is 26.4 Å². The van der Waals surface area contributed by atoms with Crippen molar-refractivity contribution in [3.63, 3.8) is 0 Å². The first kappa shape index (κ1) is 24.8. The highest BCUT2D eigenvalue weighted by Crippen LogP contribution is 2.17. The van der Waals surface area contributed by atoms with Gasteiger partial charge in [0.05, 0.1) is 13.2 Å². The zero-order chi connectivity index (χ0) is 21.7. The molecule has 0 aliphatic heterocycles. The van der Waals surface area contributed by atoms with Gasteiger partial charge in [-0.25, -0.2) is 0 Å². The van der Waals surface area contributed by atoms with Gasteiger partial charge in [0.2, 0.25) is 5.91 Å². The molecule has 0 heterocycles. The topological polar surface area (TPSA) is 123 Å². The predicted molar refractivity (Wildman–Crippen MR) is 114 cm³/mol. The molecule has 1 unspecified atom stereocenters. The first-order chi connectivity index (χ1) is 13.2. The Morgan fingerprint density at radius 2 is 1.64 bits per heavy atom. The van der Waals surface area contributed by atoms with Crippen LogP contribution in [0.2, 0.25) is 0 Å². The Morgan fingerprint density at radius 3 is 2.07 bits per heavy atom. The molecule has 0 fully saturated rings. The van der Waals surface area contributed by atoms with Gasteiger partial charge in [-0.1, -0.05) is 19.2 Å². The number of carbonyl (C=O) groups excluding carboxylic acids is 1. The van der Waals surface area contributed by atoms with Crippen LogP contribution in [-0.2, 0) is 14.3 Å². The summed E-state index contributed by atoms with van der Waals surface area (Å²) < 4.78 is 11.2. The molecular weight excluding hydrogens is 356 g/mol. The number of ether oxygens (including phenoxy) is 2. The van der Waals surface area contributed by atoms with Crippen LogP contribution in [-0.4, -0.2) is 31.0 Å². The van der Waals surface area contributed by atoms with Crippen LogP contribution in [0.25, 0.3) is 0 Å². The van der Waals surface area contributed by atoms with E-state index < -0.39 is 11.9 Å². The van der Waals surface area contributed by atoms with Gasteiger partial charge in [0, 0.05) is 11.3 Å². The van der Waals surface area contributed by atoms with Crippen molar-refractivity contribution in [3.8, 4) is 0 Å². The number of allylic oxidation sites excluding steroid dienone is 3. The lowest BCUT2D eigenvalue weighted by atomic mass is 10.1. The maximum Gasteiger partial charge on any atom is 0.244 e. The van der Waals surface area contributed by atoms with E-state index in [9.17, 15) is 4.79 Å². The molecule has 7 heteroatoms. The fourth-order valence-corrected chi connectivity index (χ4v) is 2.16. The van der Waals surface area contributed by atoms with Gasteiger partial charge in [0.25, 0.3) is 0 Å². The van der Waals surface area contributed by atoms with Crippen molar-refractivity contribution in [1.29, 1.82) is 5.41 Å². The zero-order valence-corrected chi connectivity index (χ0v) is 17.2. The molecular formula is C21H32N4O3. The molecule has 1 amide bonds. The molecule has 0 aromatic carbocycles. The molecule has 0 radical (unpaired) electrons. The number of hydrogen-bond acceptors (Lipinski definition) is 5. The van der Waals surface area contributed by atoms with Gasteiger partial charge in [-0.2, -0.15) is 0 Å². The van der Waals surface area contributed by atoms with Gasteiger partial charge in [-0.3, -0.25) is 10.2 Å². The Morgan fingerprint density at radius 1 is 1.07 bits per heavy atom. The number of primary amides is 1. The number of amidine groups is 1. The predicted octanol–water partition coefficient (Wildman–Crippen LogP) is 2.80. The van der Waals surface area contributed by atoms with Crippen LogP contribution in [0.3, 0.4) is 0 Å². The molecule has 0 aromatic rings. The Hall–Kier alpha value is -3.22. The summed E-state index contributed by atoms with van der Waals surface area (Å²) in [7, 11) is 0. The average molecular weight is 389 g/mol. The van der Waals surface area contributed by atoms with Gasteiger partial charge >= 0.3 is 0 Å². The van der Waals surface area contributed by atoms with Gasteiger partial charge in [-0.05, 0) is 57.6 Å². The maximum absolute atomic E-state index is 11.9. The Balaban J connectivity index is 5.53. The van der Waals surface area contributed by atoms with Crippen molar-refractivity contribution in [2.45, 2.75) is 33.7 Å². The van der Waals surface area contributed by atoms with E-state index in [1.54, 1.807) is 37.3 Å².